The number of hydrogen-bond donors (Lipinski definition) is 1. The molecule has 0 aromatic heterocycles. The summed E-state index contributed by atoms with van der Waals surface area (Å²) in [7, 11) is 0. The van der Waals surface area contributed by atoms with Crippen LogP contribution in [0, 0.1) is 5.92 Å². The highest BCUT2D eigenvalue weighted by Crippen LogP contribution is 2.31. The van der Waals surface area contributed by atoms with Gasteiger partial charge in [-0.2, -0.15) is 0 Å². The smallest absolute Gasteiger partial charge is 0.328 e. The third-order valence-corrected chi connectivity index (χ3v) is 4.61. The number of hydrogen-bond acceptors (Lipinski definition) is 6. The molecule has 2 aliphatic rings. The van der Waals surface area contributed by atoms with Crippen molar-refractivity contribution < 1.29 is 29.0 Å². The summed E-state index contributed by atoms with van der Waals surface area (Å²) in [4.78, 5) is 38.4. The lowest BCUT2D eigenvalue weighted by molar-refractivity contribution is -0.240. The third kappa shape index (κ3) is 3.55. The van der Waals surface area contributed by atoms with Gasteiger partial charge in [0, 0.05) is 12.5 Å². The number of likely N-dealkylation sites (tertiary alicyclic amines) is 1. The Hall–Kier alpha value is -1.47. The Balaban J connectivity index is 2.16. The van der Waals surface area contributed by atoms with Gasteiger partial charge in [-0.3, -0.25) is 9.59 Å². The van der Waals surface area contributed by atoms with E-state index >= 15 is 0 Å². The predicted molar refractivity (Wildman–Crippen MR) is 80.3 cm³/mol. The van der Waals surface area contributed by atoms with Gasteiger partial charge < -0.3 is 19.5 Å². The fourth-order valence-corrected chi connectivity index (χ4v) is 3.19. The fraction of sp³-hybridized carbons (Fsp3) is 0.812. The SMILES string of the molecule is CCOC(=O)C1CCCCN1C(=O)C(=O)[C@]1(O)OCCC[C@H]1C. The molecular weight excluding hydrogens is 302 g/mol. The zero-order valence-electron chi connectivity index (χ0n) is 13.7. The third-order valence-electron chi connectivity index (χ3n) is 4.61. The Kier molecular flexibility index (Phi) is 5.75. The van der Waals surface area contributed by atoms with Crippen molar-refractivity contribution in [1.82, 2.24) is 4.90 Å². The maximum atomic E-state index is 12.6. The molecule has 0 aliphatic carbocycles. The van der Waals surface area contributed by atoms with E-state index in [1.165, 1.54) is 4.90 Å². The second kappa shape index (κ2) is 7.40. The molecule has 0 aromatic rings. The van der Waals surface area contributed by atoms with E-state index in [0.717, 1.165) is 12.8 Å². The molecule has 2 heterocycles. The van der Waals surface area contributed by atoms with Crippen LogP contribution in [0.5, 0.6) is 0 Å². The summed E-state index contributed by atoms with van der Waals surface area (Å²) < 4.78 is 10.2. The minimum Gasteiger partial charge on any atom is -0.464 e. The quantitative estimate of drug-likeness (QED) is 0.601. The van der Waals surface area contributed by atoms with Crippen LogP contribution in [0.15, 0.2) is 0 Å². The second-order valence-corrected chi connectivity index (χ2v) is 6.18. The summed E-state index contributed by atoms with van der Waals surface area (Å²) in [6.45, 7) is 4.14. The van der Waals surface area contributed by atoms with E-state index in [4.69, 9.17) is 9.47 Å². The van der Waals surface area contributed by atoms with Crippen LogP contribution in [0.2, 0.25) is 0 Å². The van der Waals surface area contributed by atoms with Crippen LogP contribution in [0.25, 0.3) is 0 Å². The lowest BCUT2D eigenvalue weighted by Crippen LogP contribution is -2.59. The molecule has 130 valence electrons. The van der Waals surface area contributed by atoms with Crippen LogP contribution in [0.3, 0.4) is 0 Å². The molecule has 2 rings (SSSR count). The van der Waals surface area contributed by atoms with Crippen LogP contribution in [-0.2, 0) is 23.9 Å². The van der Waals surface area contributed by atoms with Gasteiger partial charge in [-0.25, -0.2) is 4.79 Å². The Labute approximate surface area is 135 Å². The molecule has 0 saturated carbocycles. The van der Waals surface area contributed by atoms with E-state index in [1.807, 2.05) is 0 Å². The largest absolute Gasteiger partial charge is 0.464 e. The van der Waals surface area contributed by atoms with Crippen LogP contribution in [-0.4, -0.2) is 59.3 Å². The zero-order chi connectivity index (χ0) is 17.0. The highest BCUT2D eigenvalue weighted by Gasteiger charge is 2.50. The van der Waals surface area contributed by atoms with Crippen molar-refractivity contribution in [3.05, 3.63) is 0 Å². The van der Waals surface area contributed by atoms with Gasteiger partial charge in [0.25, 0.3) is 11.7 Å². The first kappa shape index (κ1) is 17.9. The van der Waals surface area contributed by atoms with Crippen LogP contribution in [0.1, 0.15) is 46.0 Å². The summed E-state index contributed by atoms with van der Waals surface area (Å²) in [5.74, 6) is -4.90. The maximum absolute atomic E-state index is 12.6. The van der Waals surface area contributed by atoms with Gasteiger partial charge in [0.05, 0.1) is 13.2 Å². The number of rotatable bonds is 4. The van der Waals surface area contributed by atoms with Crippen molar-refractivity contribution in [3.63, 3.8) is 0 Å². The standard InChI is InChI=1S/C16H25NO6/c1-3-22-15(20)12-8-4-5-9-17(12)14(19)13(18)16(21)11(2)7-6-10-23-16/h11-12,21H,3-10H2,1-2H3/t11-,12?,16-/m1/s1. The van der Waals surface area contributed by atoms with Crippen LogP contribution in [0.4, 0.5) is 0 Å². The Morgan fingerprint density at radius 1 is 1.26 bits per heavy atom. The van der Waals surface area contributed by atoms with E-state index in [-0.39, 0.29) is 13.2 Å². The molecule has 2 aliphatic heterocycles. The number of carbonyl (C=O) groups is 3. The predicted octanol–water partition coefficient (Wildman–Crippen LogP) is 0.635. The normalized spacial score (nSPS) is 31.5. The van der Waals surface area contributed by atoms with E-state index in [2.05, 4.69) is 0 Å². The number of piperidine rings is 1. The van der Waals surface area contributed by atoms with Gasteiger partial charge in [-0.05, 0) is 39.0 Å². The molecule has 0 bridgehead atoms. The molecule has 7 heteroatoms. The Bertz CT molecular complexity index is 479. The molecule has 0 spiro atoms. The van der Waals surface area contributed by atoms with Crippen molar-refractivity contribution in [2.24, 2.45) is 5.92 Å². The molecule has 0 aromatic carbocycles. The van der Waals surface area contributed by atoms with Crippen molar-refractivity contribution in [2.75, 3.05) is 19.8 Å². The molecule has 7 nitrogen and oxygen atoms in total. The number of nitrogens with zero attached hydrogens (tertiary/aromatic N) is 1. The molecule has 1 N–H and O–H groups in total. The van der Waals surface area contributed by atoms with Crippen LogP contribution < -0.4 is 0 Å². The minimum atomic E-state index is -2.09. The number of carbonyl (C=O) groups excluding carboxylic acids is 3. The molecular formula is C16H25NO6. The highest BCUT2D eigenvalue weighted by atomic mass is 16.6. The average Bonchev–Trinajstić information content (AvgIpc) is 2.56. The van der Waals surface area contributed by atoms with Gasteiger partial charge in [-0.1, -0.05) is 6.92 Å². The summed E-state index contributed by atoms with van der Waals surface area (Å²) in [6, 6.07) is -0.761. The van der Waals surface area contributed by atoms with Crippen molar-refractivity contribution in [3.8, 4) is 0 Å². The molecule has 3 atom stereocenters. The Morgan fingerprint density at radius 2 is 2.00 bits per heavy atom. The monoisotopic (exact) mass is 327 g/mol. The number of aliphatic hydroxyl groups is 1. The van der Waals surface area contributed by atoms with Gasteiger partial charge in [0.1, 0.15) is 6.04 Å². The number of amides is 1. The summed E-state index contributed by atoms with van der Waals surface area (Å²) in [5, 5.41) is 10.5. The number of ketones is 1. The van der Waals surface area contributed by atoms with Crippen molar-refractivity contribution >= 4 is 17.7 Å². The Morgan fingerprint density at radius 3 is 2.65 bits per heavy atom. The molecule has 2 saturated heterocycles. The maximum Gasteiger partial charge on any atom is 0.328 e. The van der Waals surface area contributed by atoms with Crippen molar-refractivity contribution in [2.45, 2.75) is 57.8 Å². The first-order valence-corrected chi connectivity index (χ1v) is 8.30. The summed E-state index contributed by atoms with van der Waals surface area (Å²) in [6.07, 6.45) is 3.31. The van der Waals surface area contributed by atoms with Gasteiger partial charge in [0.2, 0.25) is 5.79 Å². The van der Waals surface area contributed by atoms with E-state index in [0.29, 0.717) is 25.8 Å². The topological polar surface area (TPSA) is 93.1 Å². The zero-order valence-corrected chi connectivity index (χ0v) is 13.7. The first-order valence-electron chi connectivity index (χ1n) is 8.30. The number of Topliss-reactive ketones (excluding diaryl/α,β-unsaturated/α-hetero) is 1. The summed E-state index contributed by atoms with van der Waals surface area (Å²) in [5.41, 5.74) is 0. The van der Waals surface area contributed by atoms with E-state index in [9.17, 15) is 19.5 Å². The number of esters is 1. The molecule has 1 amide bonds. The minimum absolute atomic E-state index is 0.218. The molecule has 23 heavy (non-hydrogen) atoms. The molecule has 0 radical (unpaired) electrons. The molecule has 1 unspecified atom stereocenters. The average molecular weight is 327 g/mol. The van der Waals surface area contributed by atoms with Gasteiger partial charge in [-0.15, -0.1) is 0 Å². The first-order chi connectivity index (χ1) is 10.9. The van der Waals surface area contributed by atoms with E-state index < -0.39 is 35.4 Å². The van der Waals surface area contributed by atoms with E-state index in [1.54, 1.807) is 13.8 Å². The lowest BCUT2D eigenvalue weighted by atomic mass is 9.88. The van der Waals surface area contributed by atoms with Gasteiger partial charge >= 0.3 is 5.97 Å². The van der Waals surface area contributed by atoms with Gasteiger partial charge in [0.15, 0.2) is 0 Å². The number of ether oxygens (including phenoxy) is 2. The van der Waals surface area contributed by atoms with Crippen LogP contribution >= 0.6 is 0 Å². The highest BCUT2D eigenvalue weighted by molar-refractivity contribution is 6.39. The second-order valence-electron chi connectivity index (χ2n) is 6.18. The molecule has 2 fully saturated rings. The summed E-state index contributed by atoms with van der Waals surface area (Å²) >= 11 is 0. The fourth-order valence-electron chi connectivity index (χ4n) is 3.19. The van der Waals surface area contributed by atoms with Crippen molar-refractivity contribution in [1.29, 1.82) is 0 Å². The lowest BCUT2D eigenvalue weighted by Gasteiger charge is -2.39.